The maximum absolute atomic E-state index is 11.5. The molecule has 0 aliphatic heterocycles. The normalized spacial score (nSPS) is 15.7. The Labute approximate surface area is 122 Å². The molecule has 1 saturated carbocycles. The number of carbonyl (C=O) groups is 1. The maximum atomic E-state index is 11.5. The van der Waals surface area contributed by atoms with Crippen LogP contribution in [0.1, 0.15) is 51.0 Å². The number of rotatable bonds is 9. The minimum Gasteiger partial charge on any atom is -0.377 e. The van der Waals surface area contributed by atoms with E-state index in [1.54, 1.807) is 6.92 Å². The molecule has 0 saturated heterocycles. The van der Waals surface area contributed by atoms with Gasteiger partial charge in [0.2, 0.25) is 0 Å². The van der Waals surface area contributed by atoms with Crippen molar-refractivity contribution < 1.29 is 4.79 Å². The molecule has 0 spiro atoms. The standard InChI is InChI=1S/C18H25NO/c1-15(19-18(13-14-18)16(2)20)9-5-3-6-10-17-11-7-4-8-12-17/h4,7-8,11-12,19H,1,3,5-6,9-10,13-14H2,2H3. The summed E-state index contributed by atoms with van der Waals surface area (Å²) in [6, 6.07) is 10.6. The van der Waals surface area contributed by atoms with Gasteiger partial charge in [-0.25, -0.2) is 0 Å². The highest BCUT2D eigenvalue weighted by Crippen LogP contribution is 2.37. The van der Waals surface area contributed by atoms with E-state index < -0.39 is 0 Å². The van der Waals surface area contributed by atoms with Crippen LogP contribution < -0.4 is 5.32 Å². The monoisotopic (exact) mass is 271 g/mol. The minimum absolute atomic E-state index is 0.249. The molecule has 0 radical (unpaired) electrons. The lowest BCUT2D eigenvalue weighted by molar-refractivity contribution is -0.119. The Morgan fingerprint density at radius 1 is 1.20 bits per heavy atom. The van der Waals surface area contributed by atoms with Gasteiger partial charge < -0.3 is 5.32 Å². The molecule has 0 bridgehead atoms. The first-order valence-corrected chi connectivity index (χ1v) is 7.63. The highest BCUT2D eigenvalue weighted by Gasteiger charge is 2.47. The lowest BCUT2D eigenvalue weighted by atomic mass is 10.1. The summed E-state index contributed by atoms with van der Waals surface area (Å²) < 4.78 is 0. The van der Waals surface area contributed by atoms with Gasteiger partial charge in [0.1, 0.15) is 0 Å². The van der Waals surface area contributed by atoms with Gasteiger partial charge in [0.25, 0.3) is 0 Å². The molecule has 2 nitrogen and oxygen atoms in total. The molecule has 1 fully saturated rings. The molecule has 20 heavy (non-hydrogen) atoms. The summed E-state index contributed by atoms with van der Waals surface area (Å²) in [5, 5.41) is 3.33. The fourth-order valence-electron chi connectivity index (χ4n) is 2.58. The lowest BCUT2D eigenvalue weighted by Crippen LogP contribution is -2.36. The fourth-order valence-corrected chi connectivity index (χ4v) is 2.58. The molecule has 0 atom stereocenters. The number of nitrogens with one attached hydrogen (secondary N) is 1. The first-order chi connectivity index (χ1) is 9.62. The van der Waals surface area contributed by atoms with Gasteiger partial charge in [-0.3, -0.25) is 4.79 Å². The van der Waals surface area contributed by atoms with Gasteiger partial charge in [-0.1, -0.05) is 43.3 Å². The van der Waals surface area contributed by atoms with E-state index in [4.69, 9.17) is 0 Å². The summed E-state index contributed by atoms with van der Waals surface area (Å²) in [4.78, 5) is 11.5. The zero-order chi connectivity index (χ0) is 14.4. The van der Waals surface area contributed by atoms with E-state index in [0.717, 1.165) is 37.8 Å². The van der Waals surface area contributed by atoms with Crippen molar-refractivity contribution in [3.8, 4) is 0 Å². The van der Waals surface area contributed by atoms with Crippen LogP contribution in [0.2, 0.25) is 0 Å². The Balaban J connectivity index is 1.57. The number of hydrogen-bond donors (Lipinski definition) is 1. The van der Waals surface area contributed by atoms with E-state index in [9.17, 15) is 4.79 Å². The number of benzene rings is 1. The molecule has 1 N–H and O–H groups in total. The van der Waals surface area contributed by atoms with Crippen molar-refractivity contribution >= 4 is 5.78 Å². The molecule has 0 unspecified atom stereocenters. The predicted molar refractivity (Wildman–Crippen MR) is 83.5 cm³/mol. The maximum Gasteiger partial charge on any atom is 0.155 e. The lowest BCUT2D eigenvalue weighted by Gasteiger charge is -2.17. The summed E-state index contributed by atoms with van der Waals surface area (Å²) in [6.45, 7) is 5.73. The van der Waals surface area contributed by atoms with Gasteiger partial charge in [-0.2, -0.15) is 0 Å². The van der Waals surface area contributed by atoms with E-state index in [0.29, 0.717) is 0 Å². The summed E-state index contributed by atoms with van der Waals surface area (Å²) >= 11 is 0. The van der Waals surface area contributed by atoms with Crippen LogP contribution in [0, 0.1) is 0 Å². The second-order valence-corrected chi connectivity index (χ2v) is 5.91. The van der Waals surface area contributed by atoms with Crippen LogP contribution in [0.3, 0.4) is 0 Å². The van der Waals surface area contributed by atoms with E-state index in [1.807, 2.05) is 0 Å². The van der Waals surface area contributed by atoms with Crippen LogP contribution in [-0.4, -0.2) is 11.3 Å². The first-order valence-electron chi connectivity index (χ1n) is 7.63. The summed E-state index contributed by atoms with van der Waals surface area (Å²) in [5.41, 5.74) is 2.19. The minimum atomic E-state index is -0.249. The second kappa shape index (κ2) is 6.74. The van der Waals surface area contributed by atoms with Crippen LogP contribution in [-0.2, 0) is 11.2 Å². The Kier molecular flexibility index (Phi) is 4.99. The molecule has 108 valence electrons. The third kappa shape index (κ3) is 4.22. The van der Waals surface area contributed by atoms with Crippen molar-refractivity contribution in [3.05, 3.63) is 48.2 Å². The predicted octanol–water partition coefficient (Wildman–Crippen LogP) is 4.01. The zero-order valence-electron chi connectivity index (χ0n) is 12.5. The first kappa shape index (κ1) is 14.8. The van der Waals surface area contributed by atoms with Gasteiger partial charge in [0.05, 0.1) is 5.54 Å². The molecule has 1 aromatic carbocycles. The summed E-state index contributed by atoms with van der Waals surface area (Å²) in [6.07, 6.45) is 7.64. The number of allylic oxidation sites excluding steroid dienone is 1. The fraction of sp³-hybridized carbons (Fsp3) is 0.500. The van der Waals surface area contributed by atoms with Gasteiger partial charge in [0.15, 0.2) is 5.78 Å². The van der Waals surface area contributed by atoms with E-state index >= 15 is 0 Å². The number of ketones is 1. The molecular weight excluding hydrogens is 246 g/mol. The number of unbranched alkanes of at least 4 members (excludes halogenated alkanes) is 2. The van der Waals surface area contributed by atoms with Gasteiger partial charge in [-0.15, -0.1) is 0 Å². The topological polar surface area (TPSA) is 29.1 Å². The summed E-state index contributed by atoms with van der Waals surface area (Å²) in [7, 11) is 0. The molecule has 0 amide bonds. The van der Waals surface area contributed by atoms with Crippen LogP contribution in [0.5, 0.6) is 0 Å². The Hall–Kier alpha value is -1.57. The quantitative estimate of drug-likeness (QED) is 0.687. The second-order valence-electron chi connectivity index (χ2n) is 5.91. The number of carbonyl (C=O) groups excluding carboxylic acids is 1. The van der Waals surface area contributed by atoms with Crippen LogP contribution >= 0.6 is 0 Å². The van der Waals surface area contributed by atoms with Crippen molar-refractivity contribution in [2.45, 2.75) is 57.4 Å². The Morgan fingerprint density at radius 3 is 2.50 bits per heavy atom. The average Bonchev–Trinajstić information content (AvgIpc) is 3.20. The molecular formula is C18H25NO. The van der Waals surface area contributed by atoms with Crippen LogP contribution in [0.25, 0.3) is 0 Å². The van der Waals surface area contributed by atoms with Gasteiger partial charge in [-0.05, 0) is 51.0 Å². The number of aryl methyl sites for hydroxylation is 1. The molecule has 0 aromatic heterocycles. The van der Waals surface area contributed by atoms with Crippen molar-refractivity contribution in [3.63, 3.8) is 0 Å². The number of hydrogen-bond acceptors (Lipinski definition) is 2. The zero-order valence-corrected chi connectivity index (χ0v) is 12.5. The third-order valence-corrected chi connectivity index (χ3v) is 4.13. The van der Waals surface area contributed by atoms with Crippen LogP contribution in [0.15, 0.2) is 42.6 Å². The highest BCUT2D eigenvalue weighted by atomic mass is 16.1. The molecule has 0 heterocycles. The van der Waals surface area contributed by atoms with Crippen LogP contribution in [0.4, 0.5) is 0 Å². The van der Waals surface area contributed by atoms with Gasteiger partial charge >= 0.3 is 0 Å². The van der Waals surface area contributed by atoms with Crippen molar-refractivity contribution in [2.24, 2.45) is 0 Å². The van der Waals surface area contributed by atoms with Crippen molar-refractivity contribution in [1.29, 1.82) is 0 Å². The summed E-state index contributed by atoms with van der Waals surface area (Å²) in [5.74, 6) is 0.253. The Bertz CT molecular complexity index is 460. The highest BCUT2D eigenvalue weighted by molar-refractivity contribution is 5.89. The SMILES string of the molecule is C=C(CCCCCc1ccccc1)NC1(C(C)=O)CC1. The largest absolute Gasteiger partial charge is 0.377 e. The Morgan fingerprint density at radius 2 is 1.90 bits per heavy atom. The van der Waals surface area contributed by atoms with E-state index in [-0.39, 0.29) is 11.3 Å². The van der Waals surface area contributed by atoms with Crippen molar-refractivity contribution in [2.75, 3.05) is 0 Å². The smallest absolute Gasteiger partial charge is 0.155 e. The molecule has 1 aliphatic carbocycles. The molecule has 2 rings (SSSR count). The molecule has 1 aliphatic rings. The van der Waals surface area contributed by atoms with Gasteiger partial charge in [0, 0.05) is 5.70 Å². The third-order valence-electron chi connectivity index (χ3n) is 4.13. The molecule has 1 aromatic rings. The van der Waals surface area contributed by atoms with Crippen molar-refractivity contribution in [1.82, 2.24) is 5.32 Å². The number of Topliss-reactive ketones (excluding diaryl/α,β-unsaturated/α-hetero) is 1. The average molecular weight is 271 g/mol. The molecule has 2 heteroatoms. The van der Waals surface area contributed by atoms with E-state index in [2.05, 4.69) is 42.2 Å². The van der Waals surface area contributed by atoms with E-state index in [1.165, 1.54) is 18.4 Å².